The summed E-state index contributed by atoms with van der Waals surface area (Å²) >= 11 is 19.7. The number of nitriles is 1. The maximum Gasteiger partial charge on any atom is 0.225 e. The molecule has 1 rings (SSSR count). The Morgan fingerprint density at radius 3 is 2.29 bits per heavy atom. The third kappa shape index (κ3) is 4.76. The summed E-state index contributed by atoms with van der Waals surface area (Å²) in [7, 11) is 2.34. The fourth-order valence-corrected chi connectivity index (χ4v) is 1.15. The maximum atomic E-state index is 13.1. The zero-order valence-electron chi connectivity index (χ0n) is 7.74. The highest BCUT2D eigenvalue weighted by atomic mass is 35.5. The summed E-state index contributed by atoms with van der Waals surface area (Å²) in [6.45, 7) is 6.60. The van der Waals surface area contributed by atoms with Gasteiger partial charge < -0.3 is 0 Å². The molecule has 0 aliphatic rings. The Morgan fingerprint density at radius 1 is 1.41 bits per heavy atom. The molecule has 1 aromatic carbocycles. The minimum Gasteiger partial charge on any atom is -0.235 e. The van der Waals surface area contributed by atoms with E-state index < -0.39 is 5.82 Å². The highest BCUT2D eigenvalue weighted by Gasteiger charge is 2.15. The van der Waals surface area contributed by atoms with Crippen molar-refractivity contribution in [1.29, 1.82) is 5.26 Å². The van der Waals surface area contributed by atoms with E-state index in [1.54, 1.807) is 6.07 Å². The fraction of sp³-hybridized carbons (Fsp3) is 0. The van der Waals surface area contributed by atoms with Crippen LogP contribution in [-0.2, 0) is 40.1 Å². The van der Waals surface area contributed by atoms with E-state index in [1.165, 1.54) is 17.8 Å². The first kappa shape index (κ1) is 16.6. The predicted octanol–water partition coefficient (Wildman–Crippen LogP) is 3.55. The number of halogens is 3. The number of hydrogen-bond donors (Lipinski definition) is 0. The van der Waals surface area contributed by atoms with Crippen molar-refractivity contribution in [2.24, 2.45) is 0 Å². The lowest BCUT2D eigenvalue weighted by molar-refractivity contribution is 0.630. The molecule has 0 saturated heterocycles. The summed E-state index contributed by atoms with van der Waals surface area (Å²) in [6.07, 6.45) is 0. The molecule has 2 nitrogen and oxygen atoms in total. The van der Waals surface area contributed by atoms with Crippen LogP contribution < -0.4 is 0 Å². The fourth-order valence-electron chi connectivity index (χ4n) is 0.770. The topological polar surface area (TPSA) is 28.1 Å². The molecule has 0 bridgehead atoms. The molecule has 1 aromatic rings. The van der Waals surface area contributed by atoms with Crippen molar-refractivity contribution >= 4 is 69.0 Å². The van der Waals surface area contributed by atoms with Crippen LogP contribution >= 0.6 is 23.2 Å². The molecule has 0 fully saturated rings. The lowest BCUT2D eigenvalue weighted by atomic mass is 10.2. The van der Waals surface area contributed by atoms with Crippen molar-refractivity contribution in [3.8, 4) is 6.07 Å². The van der Waals surface area contributed by atoms with Gasteiger partial charge in [0.1, 0.15) is 11.9 Å². The van der Waals surface area contributed by atoms with Gasteiger partial charge in [-0.25, -0.2) is 9.24 Å². The van der Waals surface area contributed by atoms with E-state index in [9.17, 15) is 4.39 Å². The maximum absolute atomic E-state index is 13.1. The summed E-state index contributed by atoms with van der Waals surface area (Å²) in [6, 6.07) is 2.63. The van der Waals surface area contributed by atoms with E-state index in [4.69, 9.17) is 35.0 Å². The summed E-state index contributed by atoms with van der Waals surface area (Å²) in [5, 5.41) is 8.35. The quantitative estimate of drug-likeness (QED) is 0.533. The molecule has 17 heavy (non-hydrogen) atoms. The minimum atomic E-state index is -0.924. The number of benzene rings is 1. The molecule has 0 unspecified atom stereocenters. The minimum absolute atomic E-state index is 0.00520. The standard InChI is InChI=1S/C8HCl2FN2.S4/c1-13-6-2-5(9)7(10)4(3-12)8(6)11;1-3-4-2/h2H;. The summed E-state index contributed by atoms with van der Waals surface area (Å²) in [4.78, 5) is 2.86. The van der Waals surface area contributed by atoms with Crippen LogP contribution in [0.15, 0.2) is 6.07 Å². The molecular formula is C8HCl2FN2S4. The van der Waals surface area contributed by atoms with E-state index in [-0.39, 0.29) is 21.3 Å². The second-order valence-corrected chi connectivity index (χ2v) is 6.56. The van der Waals surface area contributed by atoms with Gasteiger partial charge in [-0.1, -0.05) is 23.2 Å². The van der Waals surface area contributed by atoms with Gasteiger partial charge in [-0.05, 0) is 6.07 Å². The Bertz CT molecular complexity index is 585. The Kier molecular flexibility index (Phi) is 8.44. The molecular weight excluding hydrogens is 342 g/mol. The Morgan fingerprint density at radius 2 is 1.94 bits per heavy atom. The van der Waals surface area contributed by atoms with Crippen LogP contribution in [0.1, 0.15) is 5.56 Å². The van der Waals surface area contributed by atoms with Crippen LogP contribution in [0.4, 0.5) is 10.1 Å². The van der Waals surface area contributed by atoms with Crippen LogP contribution in [0.25, 0.3) is 4.85 Å². The van der Waals surface area contributed by atoms with Gasteiger partial charge in [-0.2, -0.15) is 5.26 Å². The van der Waals surface area contributed by atoms with Gasteiger partial charge >= 0.3 is 0 Å². The number of rotatable bonds is 0. The Balaban J connectivity index is 0.000000557. The third-order valence-corrected chi connectivity index (χ3v) is 4.41. The van der Waals surface area contributed by atoms with Crippen LogP contribution in [0.2, 0.25) is 10.0 Å². The van der Waals surface area contributed by atoms with Crippen molar-refractivity contribution in [1.82, 2.24) is 0 Å². The second kappa shape index (κ2) is 8.65. The molecule has 0 aromatic heterocycles. The average molecular weight is 343 g/mol. The van der Waals surface area contributed by atoms with E-state index >= 15 is 0 Å². The molecule has 0 N–H and O–H groups in total. The van der Waals surface area contributed by atoms with Crippen molar-refractivity contribution in [3.63, 3.8) is 0 Å². The smallest absolute Gasteiger partial charge is 0.225 e. The monoisotopic (exact) mass is 342 g/mol. The van der Waals surface area contributed by atoms with Gasteiger partial charge in [-0.3, -0.25) is 0 Å². The molecule has 0 radical (unpaired) electrons. The number of hydrogen-bond acceptors (Lipinski definition) is 3. The zero-order valence-corrected chi connectivity index (χ0v) is 12.5. The van der Waals surface area contributed by atoms with Crippen molar-refractivity contribution < 1.29 is 4.39 Å². The normalized spacial score (nSPS) is 8.06. The Labute approximate surface area is 123 Å². The zero-order chi connectivity index (χ0) is 13.4. The molecule has 0 heterocycles. The van der Waals surface area contributed by atoms with Gasteiger partial charge in [0.15, 0.2) is 0 Å². The van der Waals surface area contributed by atoms with Crippen LogP contribution in [0.3, 0.4) is 0 Å². The largest absolute Gasteiger partial charge is 0.235 e. The lowest BCUT2D eigenvalue weighted by Gasteiger charge is -2.01. The number of nitrogens with zero attached hydrogens (tertiary/aromatic N) is 2. The first-order valence-electron chi connectivity index (χ1n) is 3.57. The predicted molar refractivity (Wildman–Crippen MR) is 76.9 cm³/mol. The van der Waals surface area contributed by atoms with Gasteiger partial charge in [-0.15, -0.1) is 0 Å². The highest BCUT2D eigenvalue weighted by molar-refractivity contribution is 8.51. The van der Waals surface area contributed by atoms with Gasteiger partial charge in [0.05, 0.1) is 22.2 Å². The van der Waals surface area contributed by atoms with Crippen molar-refractivity contribution in [3.05, 3.63) is 38.9 Å². The first-order valence-corrected chi connectivity index (χ1v) is 8.32. The lowest BCUT2D eigenvalue weighted by Crippen LogP contribution is -1.86. The van der Waals surface area contributed by atoms with Crippen LogP contribution in [0.5, 0.6) is 0 Å². The summed E-state index contributed by atoms with van der Waals surface area (Å²) in [5.74, 6) is -0.924. The van der Waals surface area contributed by atoms with E-state index in [1.807, 2.05) is 0 Å². The van der Waals surface area contributed by atoms with Crippen molar-refractivity contribution in [2.45, 2.75) is 0 Å². The Hall–Kier alpha value is -0.410. The second-order valence-electron chi connectivity index (χ2n) is 2.24. The van der Waals surface area contributed by atoms with Gasteiger partial charge in [0.2, 0.25) is 5.69 Å². The molecule has 0 aliphatic heterocycles. The average Bonchev–Trinajstić information content (AvgIpc) is 2.35. The molecule has 9 heteroatoms. The summed E-state index contributed by atoms with van der Waals surface area (Å²) < 4.78 is 13.1. The van der Waals surface area contributed by atoms with Crippen LogP contribution in [0, 0.1) is 23.7 Å². The van der Waals surface area contributed by atoms with E-state index in [0.29, 0.717) is 0 Å². The summed E-state index contributed by atoms with van der Waals surface area (Å²) in [5.41, 5.74) is -0.689. The van der Waals surface area contributed by atoms with E-state index in [0.717, 1.165) is 6.07 Å². The van der Waals surface area contributed by atoms with Gasteiger partial charge in [0, 0.05) is 40.1 Å². The van der Waals surface area contributed by atoms with Gasteiger partial charge in [0.25, 0.3) is 0 Å². The molecule has 0 aliphatic carbocycles. The SMILES string of the molecule is S=S=S=S.[C-]#[N+]c1cc(Cl)c(Cl)c(C#N)c1F. The van der Waals surface area contributed by atoms with E-state index in [2.05, 4.69) is 27.2 Å². The highest BCUT2D eigenvalue weighted by Crippen LogP contribution is 2.33. The first-order chi connectivity index (χ1) is 8.03. The third-order valence-electron chi connectivity index (χ3n) is 1.40. The molecule has 0 saturated carbocycles. The van der Waals surface area contributed by atoms with Crippen LogP contribution in [-0.4, -0.2) is 0 Å². The molecule has 88 valence electrons. The molecule has 0 spiro atoms. The van der Waals surface area contributed by atoms with Crippen molar-refractivity contribution in [2.75, 3.05) is 0 Å². The molecule has 0 amide bonds. The molecule has 0 atom stereocenters.